The van der Waals surface area contributed by atoms with E-state index in [1.54, 1.807) is 6.20 Å². The van der Waals surface area contributed by atoms with Gasteiger partial charge in [-0.3, -0.25) is 0 Å². The Kier molecular flexibility index (Phi) is 2.21. The van der Waals surface area contributed by atoms with E-state index in [1.807, 2.05) is 6.07 Å². The van der Waals surface area contributed by atoms with Crippen LogP contribution in [0, 0.1) is 5.41 Å². The number of aromatic nitrogens is 2. The lowest BCUT2D eigenvalue weighted by atomic mass is 9.72. The molecule has 0 unspecified atom stereocenters. The molecule has 1 aromatic heterocycles. The molecule has 5 heteroatoms. The first kappa shape index (κ1) is 9.84. The fourth-order valence-electron chi connectivity index (χ4n) is 2.74. The van der Waals surface area contributed by atoms with Gasteiger partial charge in [-0.15, -0.1) is 0 Å². The lowest BCUT2D eigenvalue weighted by Crippen LogP contribution is -2.60. The van der Waals surface area contributed by atoms with E-state index in [9.17, 15) is 0 Å². The van der Waals surface area contributed by atoms with E-state index in [4.69, 9.17) is 5.73 Å². The highest BCUT2D eigenvalue weighted by Crippen LogP contribution is 2.40. The first-order valence-corrected chi connectivity index (χ1v) is 5.82. The lowest BCUT2D eigenvalue weighted by molar-refractivity contribution is 0.149. The maximum Gasteiger partial charge on any atom is 0.221 e. The predicted octanol–water partition coefficient (Wildman–Crippen LogP) is 0.249. The third-order valence-electron chi connectivity index (χ3n) is 3.70. The van der Waals surface area contributed by atoms with E-state index in [2.05, 4.69) is 20.2 Å². The smallest absolute Gasteiger partial charge is 0.221 e. The fraction of sp³-hybridized carbons (Fsp3) is 0.636. The van der Waals surface area contributed by atoms with Crippen LogP contribution in [-0.2, 0) is 0 Å². The van der Waals surface area contributed by atoms with Crippen molar-refractivity contribution in [2.24, 2.45) is 5.41 Å². The molecule has 2 aliphatic heterocycles. The van der Waals surface area contributed by atoms with E-state index in [-0.39, 0.29) is 0 Å². The molecule has 0 aliphatic carbocycles. The van der Waals surface area contributed by atoms with Crippen LogP contribution in [0.2, 0.25) is 0 Å². The summed E-state index contributed by atoms with van der Waals surface area (Å²) in [6.45, 7) is 4.54. The quantitative estimate of drug-likeness (QED) is 0.708. The summed E-state index contributed by atoms with van der Waals surface area (Å²) in [5.41, 5.74) is 6.12. The van der Waals surface area contributed by atoms with Crippen molar-refractivity contribution in [1.29, 1.82) is 0 Å². The molecule has 0 aromatic carbocycles. The number of nitrogen functional groups attached to an aromatic ring is 1. The van der Waals surface area contributed by atoms with Gasteiger partial charge in [0.1, 0.15) is 5.82 Å². The molecule has 2 fully saturated rings. The average Bonchev–Trinajstić information content (AvgIpc) is 2.27. The van der Waals surface area contributed by atoms with Gasteiger partial charge in [-0.1, -0.05) is 0 Å². The zero-order chi connectivity index (χ0) is 11.0. The Hall–Kier alpha value is -1.36. The van der Waals surface area contributed by atoms with Crippen molar-refractivity contribution in [1.82, 2.24) is 15.3 Å². The summed E-state index contributed by atoms with van der Waals surface area (Å²) in [6.07, 6.45) is 4.29. The molecule has 86 valence electrons. The summed E-state index contributed by atoms with van der Waals surface area (Å²) >= 11 is 0. The summed E-state index contributed by atoms with van der Waals surface area (Å²) in [5.74, 6) is 1.33. The molecule has 0 bridgehead atoms. The highest BCUT2D eigenvalue weighted by atomic mass is 15.3. The highest BCUT2D eigenvalue weighted by molar-refractivity contribution is 5.45. The van der Waals surface area contributed by atoms with Gasteiger partial charge in [-0.05, 0) is 32.0 Å². The van der Waals surface area contributed by atoms with Crippen molar-refractivity contribution in [2.75, 3.05) is 36.8 Å². The Bertz CT molecular complexity index is 378. The number of hydrogen-bond donors (Lipinski definition) is 2. The van der Waals surface area contributed by atoms with Gasteiger partial charge in [0.2, 0.25) is 5.95 Å². The molecule has 0 amide bonds. The van der Waals surface area contributed by atoms with Crippen LogP contribution < -0.4 is 16.0 Å². The highest BCUT2D eigenvalue weighted by Gasteiger charge is 2.43. The van der Waals surface area contributed by atoms with Crippen molar-refractivity contribution in [2.45, 2.75) is 12.8 Å². The molecule has 3 N–H and O–H groups in total. The third-order valence-corrected chi connectivity index (χ3v) is 3.70. The number of nitrogens with zero attached hydrogens (tertiary/aromatic N) is 3. The van der Waals surface area contributed by atoms with Crippen LogP contribution in [0.4, 0.5) is 11.8 Å². The molecule has 3 heterocycles. The molecule has 3 rings (SSSR count). The van der Waals surface area contributed by atoms with E-state index in [0.29, 0.717) is 11.4 Å². The number of piperidine rings is 1. The van der Waals surface area contributed by atoms with Crippen LogP contribution in [0.15, 0.2) is 12.3 Å². The maximum atomic E-state index is 5.59. The third kappa shape index (κ3) is 1.61. The summed E-state index contributed by atoms with van der Waals surface area (Å²) in [5, 5.41) is 3.41. The minimum absolute atomic E-state index is 0.365. The molecule has 1 aromatic rings. The van der Waals surface area contributed by atoms with Crippen molar-refractivity contribution >= 4 is 11.8 Å². The Morgan fingerprint density at radius 3 is 2.75 bits per heavy atom. The number of nitrogens with one attached hydrogen (secondary N) is 1. The van der Waals surface area contributed by atoms with E-state index < -0.39 is 0 Å². The second kappa shape index (κ2) is 3.59. The van der Waals surface area contributed by atoms with Gasteiger partial charge in [0, 0.05) is 24.7 Å². The predicted molar refractivity (Wildman–Crippen MR) is 63.2 cm³/mol. The normalized spacial score (nSPS) is 23.1. The molecule has 2 saturated heterocycles. The van der Waals surface area contributed by atoms with Gasteiger partial charge >= 0.3 is 0 Å². The molecule has 0 radical (unpaired) electrons. The molecular weight excluding hydrogens is 202 g/mol. The minimum atomic E-state index is 0.365. The van der Waals surface area contributed by atoms with Crippen LogP contribution in [0.3, 0.4) is 0 Å². The lowest BCUT2D eigenvalue weighted by Gasteiger charge is -2.53. The van der Waals surface area contributed by atoms with Crippen LogP contribution in [0.5, 0.6) is 0 Å². The van der Waals surface area contributed by atoms with Crippen molar-refractivity contribution in [3.8, 4) is 0 Å². The van der Waals surface area contributed by atoms with Gasteiger partial charge in [0.15, 0.2) is 0 Å². The summed E-state index contributed by atoms with van der Waals surface area (Å²) in [7, 11) is 0. The number of hydrogen-bond acceptors (Lipinski definition) is 5. The first-order chi connectivity index (χ1) is 7.77. The average molecular weight is 219 g/mol. The van der Waals surface area contributed by atoms with E-state index in [0.717, 1.165) is 32.0 Å². The van der Waals surface area contributed by atoms with Crippen LogP contribution >= 0.6 is 0 Å². The molecule has 0 saturated carbocycles. The standard InChI is InChI=1S/C11H17N5/c12-10-14-4-1-9(15-10)16-7-11(8-16)2-5-13-6-3-11/h1,4,13H,2-3,5-8H2,(H2,12,14,15). The Morgan fingerprint density at radius 2 is 2.06 bits per heavy atom. The van der Waals surface area contributed by atoms with Gasteiger partial charge in [-0.2, -0.15) is 4.98 Å². The zero-order valence-corrected chi connectivity index (χ0v) is 9.32. The topological polar surface area (TPSA) is 67.1 Å². The SMILES string of the molecule is Nc1nccc(N2CC3(CCNCC3)C2)n1. The van der Waals surface area contributed by atoms with Gasteiger partial charge in [0.25, 0.3) is 0 Å². The molecular formula is C11H17N5. The largest absolute Gasteiger partial charge is 0.368 e. The summed E-state index contributed by atoms with van der Waals surface area (Å²) in [4.78, 5) is 10.5. The van der Waals surface area contributed by atoms with Gasteiger partial charge in [-0.25, -0.2) is 4.98 Å². The second-order valence-electron chi connectivity index (χ2n) is 4.88. The molecule has 2 aliphatic rings. The van der Waals surface area contributed by atoms with Gasteiger partial charge < -0.3 is 16.0 Å². The van der Waals surface area contributed by atoms with Gasteiger partial charge in [0.05, 0.1) is 0 Å². The summed E-state index contributed by atoms with van der Waals surface area (Å²) in [6, 6.07) is 1.93. The number of nitrogens with two attached hydrogens (primary N) is 1. The molecule has 0 atom stereocenters. The number of rotatable bonds is 1. The van der Waals surface area contributed by atoms with E-state index >= 15 is 0 Å². The Morgan fingerprint density at radius 1 is 1.31 bits per heavy atom. The number of anilines is 2. The van der Waals surface area contributed by atoms with Crippen molar-refractivity contribution < 1.29 is 0 Å². The Labute approximate surface area is 95.1 Å². The van der Waals surface area contributed by atoms with Crippen molar-refractivity contribution in [3.05, 3.63) is 12.3 Å². The zero-order valence-electron chi connectivity index (χ0n) is 9.32. The maximum absolute atomic E-state index is 5.59. The second-order valence-corrected chi connectivity index (χ2v) is 4.88. The van der Waals surface area contributed by atoms with Crippen molar-refractivity contribution in [3.63, 3.8) is 0 Å². The van der Waals surface area contributed by atoms with Crippen LogP contribution in [-0.4, -0.2) is 36.1 Å². The van der Waals surface area contributed by atoms with Crippen LogP contribution in [0.1, 0.15) is 12.8 Å². The molecule has 1 spiro atoms. The molecule has 5 nitrogen and oxygen atoms in total. The monoisotopic (exact) mass is 219 g/mol. The summed E-state index contributed by atoms with van der Waals surface area (Å²) < 4.78 is 0. The Balaban J connectivity index is 1.68. The fourth-order valence-corrected chi connectivity index (χ4v) is 2.74. The van der Waals surface area contributed by atoms with Crippen LogP contribution in [0.25, 0.3) is 0 Å². The van der Waals surface area contributed by atoms with E-state index in [1.165, 1.54) is 12.8 Å². The minimum Gasteiger partial charge on any atom is -0.368 e. The molecule has 16 heavy (non-hydrogen) atoms. The first-order valence-electron chi connectivity index (χ1n) is 5.82.